The normalized spacial score (nSPS) is 28.5. The SMILES string of the molecule is COCCC(=O)NC[C@H](O)[C@H](C)C(=O)NCCC[C@H]1OC2(CCC[C@@H](CC[C@H](C)/C=C(\C)[C@H](C)O)O2)CCC1C. The number of nitrogens with one attached hydrogen (secondary N) is 2. The van der Waals surface area contributed by atoms with E-state index < -0.39 is 23.9 Å². The molecule has 0 saturated carbocycles. The van der Waals surface area contributed by atoms with Crippen molar-refractivity contribution in [1.82, 2.24) is 10.6 Å². The minimum absolute atomic E-state index is 0.0325. The van der Waals surface area contributed by atoms with Gasteiger partial charge in [-0.2, -0.15) is 0 Å². The van der Waals surface area contributed by atoms with Gasteiger partial charge in [0.15, 0.2) is 5.79 Å². The smallest absolute Gasteiger partial charge is 0.225 e. The molecule has 0 aromatic heterocycles. The number of hydrogen-bond donors (Lipinski definition) is 4. The first-order chi connectivity index (χ1) is 19.0. The first-order valence-corrected chi connectivity index (χ1v) is 15.4. The van der Waals surface area contributed by atoms with Crippen LogP contribution >= 0.6 is 0 Å². The lowest BCUT2D eigenvalue weighted by Crippen LogP contribution is -2.50. The quantitative estimate of drug-likeness (QED) is 0.165. The number of amides is 2. The molecule has 2 amide bonds. The van der Waals surface area contributed by atoms with Crippen molar-refractivity contribution < 1.29 is 34.0 Å². The van der Waals surface area contributed by atoms with Crippen molar-refractivity contribution in [2.24, 2.45) is 17.8 Å². The van der Waals surface area contributed by atoms with Gasteiger partial charge in [0, 0.05) is 39.5 Å². The van der Waals surface area contributed by atoms with Gasteiger partial charge < -0.3 is 35.1 Å². The Hall–Kier alpha value is -1.52. The predicted molar refractivity (Wildman–Crippen MR) is 155 cm³/mol. The number of carbonyl (C=O) groups excluding carboxylic acids is 2. The zero-order chi connectivity index (χ0) is 29.7. The molecule has 8 atom stereocenters. The topological polar surface area (TPSA) is 126 Å². The molecule has 0 bridgehead atoms. The van der Waals surface area contributed by atoms with Crippen molar-refractivity contribution in [3.05, 3.63) is 11.6 Å². The van der Waals surface area contributed by atoms with E-state index in [0.29, 0.717) is 25.0 Å². The lowest BCUT2D eigenvalue weighted by Gasteiger charge is -2.48. The molecule has 40 heavy (non-hydrogen) atoms. The summed E-state index contributed by atoms with van der Waals surface area (Å²) in [6.45, 7) is 10.7. The molecule has 0 aromatic rings. The second-order valence-electron chi connectivity index (χ2n) is 12.2. The number of hydrogen-bond acceptors (Lipinski definition) is 7. The van der Waals surface area contributed by atoms with E-state index in [1.54, 1.807) is 13.8 Å². The van der Waals surface area contributed by atoms with Gasteiger partial charge in [-0.05, 0) is 76.2 Å². The third kappa shape index (κ3) is 11.8. The van der Waals surface area contributed by atoms with Crippen LogP contribution in [-0.2, 0) is 23.8 Å². The monoisotopic (exact) mass is 568 g/mol. The van der Waals surface area contributed by atoms with E-state index in [1.165, 1.54) is 7.11 Å². The van der Waals surface area contributed by atoms with Gasteiger partial charge in [-0.25, -0.2) is 0 Å². The van der Waals surface area contributed by atoms with Crippen LogP contribution in [0, 0.1) is 17.8 Å². The molecule has 2 heterocycles. The van der Waals surface area contributed by atoms with E-state index >= 15 is 0 Å². The zero-order valence-electron chi connectivity index (χ0n) is 25.7. The van der Waals surface area contributed by atoms with Crippen LogP contribution in [0.4, 0.5) is 0 Å². The summed E-state index contributed by atoms with van der Waals surface area (Å²) in [4.78, 5) is 24.2. The van der Waals surface area contributed by atoms with E-state index in [0.717, 1.165) is 63.4 Å². The number of aliphatic hydroxyl groups excluding tert-OH is 2. The molecule has 4 N–H and O–H groups in total. The molecule has 0 aromatic carbocycles. The van der Waals surface area contributed by atoms with Crippen LogP contribution in [0.2, 0.25) is 0 Å². The van der Waals surface area contributed by atoms with Crippen LogP contribution in [-0.4, -0.2) is 79.0 Å². The van der Waals surface area contributed by atoms with Gasteiger partial charge in [0.05, 0.1) is 36.9 Å². The Morgan fingerprint density at radius 3 is 2.55 bits per heavy atom. The predicted octanol–water partition coefficient (Wildman–Crippen LogP) is 3.86. The molecule has 2 rings (SSSR count). The Kier molecular flexibility index (Phi) is 15.1. The van der Waals surface area contributed by atoms with E-state index in [2.05, 4.69) is 30.6 Å². The number of carbonyl (C=O) groups is 2. The standard InChI is InChI=1S/C31H56N2O7/c1-21(19-23(3)25(5)34)11-12-26-9-7-15-31(39-26)16-13-22(2)28(40-31)10-8-17-32-30(37)24(4)27(35)20-33-29(36)14-18-38-6/h19,21-22,24-28,34-35H,7-18,20H2,1-6H3,(H,32,37)(H,33,36)/b23-19+/t21-,22?,24-,25-,26-,27-,28+,31?/m0/s1. The third-order valence-corrected chi connectivity index (χ3v) is 8.59. The van der Waals surface area contributed by atoms with E-state index in [1.807, 2.05) is 6.92 Å². The Morgan fingerprint density at radius 2 is 1.85 bits per heavy atom. The molecule has 232 valence electrons. The van der Waals surface area contributed by atoms with E-state index in [-0.39, 0.29) is 37.0 Å². The van der Waals surface area contributed by atoms with Crippen molar-refractivity contribution in [3.8, 4) is 0 Å². The van der Waals surface area contributed by atoms with Crippen molar-refractivity contribution in [3.63, 3.8) is 0 Å². The molecule has 2 aliphatic rings. The number of allylic oxidation sites excluding steroid dienone is 1. The molecule has 9 nitrogen and oxygen atoms in total. The first kappa shape index (κ1) is 34.7. The average Bonchev–Trinajstić information content (AvgIpc) is 2.93. The summed E-state index contributed by atoms with van der Waals surface area (Å²) in [5, 5.41) is 25.6. The molecule has 0 radical (unpaired) electrons. The Bertz CT molecular complexity index is 805. The largest absolute Gasteiger partial charge is 0.390 e. The fourth-order valence-electron chi connectivity index (χ4n) is 5.57. The van der Waals surface area contributed by atoms with Gasteiger partial charge >= 0.3 is 0 Å². The molecular formula is C31H56N2O7. The highest BCUT2D eigenvalue weighted by Gasteiger charge is 2.44. The van der Waals surface area contributed by atoms with Gasteiger partial charge in [0.25, 0.3) is 0 Å². The van der Waals surface area contributed by atoms with Crippen LogP contribution < -0.4 is 10.6 Å². The molecule has 2 aliphatic heterocycles. The minimum Gasteiger partial charge on any atom is -0.390 e. The second-order valence-corrected chi connectivity index (χ2v) is 12.2. The van der Waals surface area contributed by atoms with Crippen LogP contribution in [0.3, 0.4) is 0 Å². The van der Waals surface area contributed by atoms with Gasteiger partial charge in [-0.15, -0.1) is 0 Å². The van der Waals surface area contributed by atoms with E-state index in [9.17, 15) is 19.8 Å². The highest BCUT2D eigenvalue weighted by Crippen LogP contribution is 2.43. The maximum Gasteiger partial charge on any atom is 0.225 e. The minimum atomic E-state index is -0.953. The fourth-order valence-corrected chi connectivity index (χ4v) is 5.57. The summed E-state index contributed by atoms with van der Waals surface area (Å²) in [5.41, 5.74) is 1.02. The molecule has 9 heteroatoms. The van der Waals surface area contributed by atoms with Gasteiger partial charge in [-0.1, -0.05) is 26.8 Å². The molecule has 1 spiro atoms. The summed E-state index contributed by atoms with van der Waals surface area (Å²) >= 11 is 0. The number of methoxy groups -OCH3 is 1. The van der Waals surface area contributed by atoms with Crippen molar-refractivity contribution in [2.75, 3.05) is 26.8 Å². The van der Waals surface area contributed by atoms with Crippen molar-refractivity contribution in [1.29, 1.82) is 0 Å². The van der Waals surface area contributed by atoms with Crippen LogP contribution in [0.15, 0.2) is 11.6 Å². The van der Waals surface area contributed by atoms with Crippen LogP contribution in [0.25, 0.3) is 0 Å². The van der Waals surface area contributed by atoms with Crippen LogP contribution in [0.5, 0.6) is 0 Å². The summed E-state index contributed by atoms with van der Waals surface area (Å²) in [6.07, 6.45) is 10.0. The highest BCUT2D eigenvalue weighted by molar-refractivity contribution is 5.79. The average molecular weight is 569 g/mol. The van der Waals surface area contributed by atoms with Crippen LogP contribution in [0.1, 0.15) is 98.8 Å². The summed E-state index contributed by atoms with van der Waals surface area (Å²) in [7, 11) is 1.53. The fraction of sp³-hybridized carbons (Fsp3) is 0.871. The molecular weight excluding hydrogens is 512 g/mol. The van der Waals surface area contributed by atoms with E-state index in [4.69, 9.17) is 14.2 Å². The maximum absolute atomic E-state index is 12.5. The second kappa shape index (κ2) is 17.4. The number of rotatable bonds is 16. The van der Waals surface area contributed by atoms with Gasteiger partial charge in [0.2, 0.25) is 11.8 Å². The first-order valence-electron chi connectivity index (χ1n) is 15.4. The summed E-state index contributed by atoms with van der Waals surface area (Å²) < 4.78 is 18.2. The molecule has 0 aliphatic carbocycles. The molecule has 2 unspecified atom stereocenters. The van der Waals surface area contributed by atoms with Gasteiger partial charge in [-0.3, -0.25) is 9.59 Å². The Labute approximate surface area is 241 Å². The summed E-state index contributed by atoms with van der Waals surface area (Å²) in [5.74, 6) is -0.729. The van der Waals surface area contributed by atoms with Crippen molar-refractivity contribution in [2.45, 2.75) is 129 Å². The van der Waals surface area contributed by atoms with Crippen molar-refractivity contribution >= 4 is 11.8 Å². The highest BCUT2D eigenvalue weighted by atomic mass is 16.7. The maximum atomic E-state index is 12.5. The Morgan fingerprint density at radius 1 is 1.10 bits per heavy atom. The third-order valence-electron chi connectivity index (χ3n) is 8.59. The molecule has 2 saturated heterocycles. The number of ether oxygens (including phenoxy) is 3. The number of aliphatic hydroxyl groups is 2. The zero-order valence-corrected chi connectivity index (χ0v) is 25.7. The summed E-state index contributed by atoms with van der Waals surface area (Å²) in [6, 6.07) is 0. The lowest BCUT2D eigenvalue weighted by atomic mass is 9.85. The lowest BCUT2D eigenvalue weighted by molar-refractivity contribution is -0.324. The molecule has 2 fully saturated rings. The van der Waals surface area contributed by atoms with Gasteiger partial charge in [0.1, 0.15) is 0 Å². The Balaban J connectivity index is 1.75.